The second-order valence-corrected chi connectivity index (χ2v) is 10.3. The number of hydrogen-bond donors (Lipinski definition) is 1. The van der Waals surface area contributed by atoms with E-state index in [4.69, 9.17) is 4.74 Å². The van der Waals surface area contributed by atoms with Crippen molar-refractivity contribution in [2.75, 3.05) is 6.61 Å². The third-order valence-electron chi connectivity index (χ3n) is 7.37. The molecule has 0 unspecified atom stereocenters. The zero-order valence-electron chi connectivity index (χ0n) is 22.5. The molecule has 2 amide bonds. The summed E-state index contributed by atoms with van der Waals surface area (Å²) in [4.78, 5) is 29.4. The molecule has 0 spiro atoms. The van der Waals surface area contributed by atoms with Crippen molar-refractivity contribution < 1.29 is 14.3 Å². The summed E-state index contributed by atoms with van der Waals surface area (Å²) in [5.41, 5.74) is 3.22. The monoisotopic (exact) mass is 512 g/mol. The van der Waals surface area contributed by atoms with Gasteiger partial charge in [0, 0.05) is 25.4 Å². The first kappa shape index (κ1) is 27.4. The van der Waals surface area contributed by atoms with Gasteiger partial charge in [-0.15, -0.1) is 0 Å². The van der Waals surface area contributed by atoms with Crippen LogP contribution in [0.3, 0.4) is 0 Å². The van der Waals surface area contributed by atoms with Gasteiger partial charge in [-0.3, -0.25) is 9.59 Å². The number of para-hydroxylation sites is 1. The van der Waals surface area contributed by atoms with E-state index in [-0.39, 0.29) is 17.9 Å². The quantitative estimate of drug-likeness (QED) is 0.292. The molecule has 1 N–H and O–H groups in total. The van der Waals surface area contributed by atoms with Crippen molar-refractivity contribution in [2.45, 2.75) is 76.9 Å². The highest BCUT2D eigenvalue weighted by atomic mass is 16.5. The average molecular weight is 513 g/mol. The van der Waals surface area contributed by atoms with E-state index < -0.39 is 6.04 Å². The van der Waals surface area contributed by atoms with Crippen LogP contribution in [-0.2, 0) is 22.6 Å². The lowest BCUT2D eigenvalue weighted by atomic mass is 9.94. The van der Waals surface area contributed by atoms with Crippen LogP contribution in [0, 0.1) is 6.92 Å². The molecule has 1 fully saturated rings. The Kier molecular flexibility index (Phi) is 10.4. The minimum Gasteiger partial charge on any atom is -0.494 e. The predicted molar refractivity (Wildman–Crippen MR) is 152 cm³/mol. The highest BCUT2D eigenvalue weighted by Crippen LogP contribution is 2.21. The lowest BCUT2D eigenvalue weighted by Crippen LogP contribution is -2.52. The first-order chi connectivity index (χ1) is 18.6. The van der Waals surface area contributed by atoms with Crippen LogP contribution in [-0.4, -0.2) is 35.4 Å². The normalized spacial score (nSPS) is 14.4. The van der Waals surface area contributed by atoms with Crippen LogP contribution in [0.2, 0.25) is 0 Å². The van der Waals surface area contributed by atoms with Crippen molar-refractivity contribution in [1.82, 2.24) is 10.2 Å². The number of ether oxygens (including phenoxy) is 1. The van der Waals surface area contributed by atoms with E-state index in [0.717, 1.165) is 48.1 Å². The lowest BCUT2D eigenvalue weighted by Gasteiger charge is -2.34. The molecule has 0 saturated heterocycles. The van der Waals surface area contributed by atoms with E-state index in [1.165, 1.54) is 6.42 Å². The van der Waals surface area contributed by atoms with Gasteiger partial charge >= 0.3 is 0 Å². The van der Waals surface area contributed by atoms with Crippen LogP contribution in [0.4, 0.5) is 0 Å². The predicted octanol–water partition coefficient (Wildman–Crippen LogP) is 6.24. The molecule has 0 radical (unpaired) electrons. The zero-order chi connectivity index (χ0) is 26.6. The third kappa shape index (κ3) is 8.20. The van der Waals surface area contributed by atoms with E-state index in [9.17, 15) is 9.59 Å². The molecule has 1 aliphatic carbocycles. The fraction of sp³-hybridized carbons (Fsp3) is 0.394. The molecule has 3 aromatic carbocycles. The number of nitrogens with one attached hydrogen (secondary N) is 1. The van der Waals surface area contributed by atoms with Gasteiger partial charge in [0.25, 0.3) is 0 Å². The van der Waals surface area contributed by atoms with Gasteiger partial charge in [-0.1, -0.05) is 92.1 Å². The number of benzene rings is 3. The van der Waals surface area contributed by atoms with Gasteiger partial charge in [-0.2, -0.15) is 0 Å². The van der Waals surface area contributed by atoms with Crippen molar-refractivity contribution in [2.24, 2.45) is 0 Å². The molecule has 5 heteroatoms. The Bertz CT molecular complexity index is 1140. The Morgan fingerprint density at radius 1 is 0.895 bits per heavy atom. The van der Waals surface area contributed by atoms with Gasteiger partial charge < -0.3 is 15.0 Å². The fourth-order valence-corrected chi connectivity index (χ4v) is 5.14. The molecule has 1 atom stereocenters. The molecule has 200 valence electrons. The van der Waals surface area contributed by atoms with Crippen LogP contribution in [0.15, 0.2) is 84.9 Å². The molecule has 1 saturated carbocycles. The maximum atomic E-state index is 13.8. The number of amides is 2. The van der Waals surface area contributed by atoms with Gasteiger partial charge in [0.1, 0.15) is 11.8 Å². The SMILES string of the molecule is Cc1ccccc1CN(C(=O)CCCOc1ccccc1)[C@@H](Cc1ccccc1)C(=O)NC1CCCCC1. The summed E-state index contributed by atoms with van der Waals surface area (Å²) in [5, 5.41) is 3.31. The topological polar surface area (TPSA) is 58.6 Å². The van der Waals surface area contributed by atoms with E-state index >= 15 is 0 Å². The van der Waals surface area contributed by atoms with E-state index in [1.54, 1.807) is 4.90 Å². The number of aryl methyl sites for hydroxylation is 1. The van der Waals surface area contributed by atoms with E-state index in [0.29, 0.717) is 32.4 Å². The summed E-state index contributed by atoms with van der Waals surface area (Å²) >= 11 is 0. The fourth-order valence-electron chi connectivity index (χ4n) is 5.14. The Morgan fingerprint density at radius 3 is 2.26 bits per heavy atom. The number of hydrogen-bond acceptors (Lipinski definition) is 3. The van der Waals surface area contributed by atoms with Crippen molar-refractivity contribution in [3.63, 3.8) is 0 Å². The molecular weight excluding hydrogens is 472 g/mol. The molecule has 5 nitrogen and oxygen atoms in total. The van der Waals surface area contributed by atoms with Crippen LogP contribution in [0.25, 0.3) is 0 Å². The maximum absolute atomic E-state index is 13.8. The van der Waals surface area contributed by atoms with Gasteiger partial charge in [0.15, 0.2) is 0 Å². The highest BCUT2D eigenvalue weighted by molar-refractivity contribution is 5.88. The van der Waals surface area contributed by atoms with Gasteiger partial charge in [-0.25, -0.2) is 0 Å². The summed E-state index contributed by atoms with van der Waals surface area (Å²) in [6.45, 7) is 2.91. The number of nitrogens with zero attached hydrogens (tertiary/aromatic N) is 1. The second-order valence-electron chi connectivity index (χ2n) is 10.3. The molecular formula is C33H40N2O3. The van der Waals surface area contributed by atoms with Crippen molar-refractivity contribution >= 4 is 11.8 Å². The average Bonchev–Trinajstić information content (AvgIpc) is 2.95. The Labute approximate surface area is 227 Å². The van der Waals surface area contributed by atoms with Gasteiger partial charge in [0.2, 0.25) is 11.8 Å². The van der Waals surface area contributed by atoms with Crippen LogP contribution in [0.1, 0.15) is 61.6 Å². The van der Waals surface area contributed by atoms with E-state index in [1.807, 2.05) is 78.9 Å². The number of carbonyl (C=O) groups excluding carboxylic acids is 2. The lowest BCUT2D eigenvalue weighted by molar-refractivity contribution is -0.141. The molecule has 0 aliphatic heterocycles. The third-order valence-corrected chi connectivity index (χ3v) is 7.37. The minimum absolute atomic E-state index is 0.0235. The molecule has 0 bridgehead atoms. The summed E-state index contributed by atoms with van der Waals surface area (Å²) in [7, 11) is 0. The standard InChI is InChI=1S/C33H40N2O3/c1-26-14-11-12-17-28(26)25-35(32(36)22-13-23-38-30-20-9-4-10-21-30)31(24-27-15-5-2-6-16-27)33(37)34-29-18-7-3-8-19-29/h2,4-6,9-12,14-17,20-21,29,31H,3,7-8,13,18-19,22-25H2,1H3,(H,34,37)/t31-/m0/s1. The van der Waals surface area contributed by atoms with Crippen LogP contribution >= 0.6 is 0 Å². The summed E-state index contributed by atoms with van der Waals surface area (Å²) < 4.78 is 5.83. The van der Waals surface area contributed by atoms with Crippen molar-refractivity contribution in [1.29, 1.82) is 0 Å². The minimum atomic E-state index is -0.582. The first-order valence-corrected chi connectivity index (χ1v) is 14.0. The Hall–Kier alpha value is -3.60. The van der Waals surface area contributed by atoms with Crippen molar-refractivity contribution in [3.8, 4) is 5.75 Å². The molecule has 1 aliphatic rings. The van der Waals surface area contributed by atoms with E-state index in [2.05, 4.69) is 18.3 Å². The Balaban J connectivity index is 1.53. The van der Waals surface area contributed by atoms with Crippen LogP contribution < -0.4 is 10.1 Å². The highest BCUT2D eigenvalue weighted by Gasteiger charge is 2.31. The number of rotatable bonds is 12. The van der Waals surface area contributed by atoms with Crippen LogP contribution in [0.5, 0.6) is 5.75 Å². The van der Waals surface area contributed by atoms with Crippen molar-refractivity contribution in [3.05, 3.63) is 102 Å². The molecule has 0 heterocycles. The zero-order valence-corrected chi connectivity index (χ0v) is 22.5. The molecule has 0 aromatic heterocycles. The number of carbonyl (C=O) groups is 2. The second kappa shape index (κ2) is 14.4. The first-order valence-electron chi connectivity index (χ1n) is 14.0. The smallest absolute Gasteiger partial charge is 0.243 e. The maximum Gasteiger partial charge on any atom is 0.243 e. The summed E-state index contributed by atoms with van der Waals surface area (Å²) in [6, 6.07) is 27.4. The molecule has 38 heavy (non-hydrogen) atoms. The summed E-state index contributed by atoms with van der Waals surface area (Å²) in [6.07, 6.45) is 6.91. The Morgan fingerprint density at radius 2 is 1.55 bits per heavy atom. The largest absolute Gasteiger partial charge is 0.494 e. The molecule has 3 aromatic rings. The van der Waals surface area contributed by atoms with Gasteiger partial charge in [0.05, 0.1) is 6.61 Å². The molecule has 4 rings (SSSR count). The van der Waals surface area contributed by atoms with Gasteiger partial charge in [-0.05, 0) is 55.0 Å². The summed E-state index contributed by atoms with van der Waals surface area (Å²) in [5.74, 6) is 0.721.